The van der Waals surface area contributed by atoms with Crippen LogP contribution in [-0.2, 0) is 4.79 Å². The molecule has 9 heteroatoms. The maximum atomic E-state index is 12.3. The molecule has 0 saturated carbocycles. The van der Waals surface area contributed by atoms with Crippen LogP contribution in [0.25, 0.3) is 0 Å². The van der Waals surface area contributed by atoms with Crippen molar-refractivity contribution in [1.82, 2.24) is 5.32 Å². The quantitative estimate of drug-likeness (QED) is 0.240. The minimum Gasteiger partial charge on any atom is -0.505 e. The van der Waals surface area contributed by atoms with Crippen molar-refractivity contribution in [3.05, 3.63) is 80.1 Å². The van der Waals surface area contributed by atoms with Gasteiger partial charge in [0.25, 0.3) is 16.8 Å². The first kappa shape index (κ1) is 22.5. The van der Waals surface area contributed by atoms with E-state index in [0.29, 0.717) is 6.42 Å². The lowest BCUT2D eigenvalue weighted by Gasteiger charge is -2.22. The van der Waals surface area contributed by atoms with Crippen LogP contribution in [0.5, 0.6) is 5.75 Å². The molecule has 0 heterocycles. The molecule has 0 radical (unpaired) electrons. The number of carbonyl (C=O) groups excluding carboxylic acids is 1. The van der Waals surface area contributed by atoms with Crippen LogP contribution < -0.4 is 26.8 Å². The zero-order valence-corrected chi connectivity index (χ0v) is 17.3. The Morgan fingerprint density at radius 1 is 0.969 bits per heavy atom. The third kappa shape index (κ3) is 4.77. The first-order valence-electron chi connectivity index (χ1n) is 10.1. The number of aromatic hydroxyl groups is 1. The molecular weight excluding hydrogens is 414 g/mol. The molecular formula is C23H23N3O6. The van der Waals surface area contributed by atoms with Crippen LogP contribution >= 0.6 is 0 Å². The van der Waals surface area contributed by atoms with Crippen LogP contribution in [0.15, 0.2) is 58.1 Å². The van der Waals surface area contributed by atoms with Crippen molar-refractivity contribution in [2.24, 2.45) is 0 Å². The molecule has 0 bridgehead atoms. The number of para-hydroxylation sites is 1. The van der Waals surface area contributed by atoms with E-state index in [1.807, 2.05) is 37.3 Å². The number of benzene rings is 2. The van der Waals surface area contributed by atoms with E-state index >= 15 is 0 Å². The summed E-state index contributed by atoms with van der Waals surface area (Å²) in [7, 11) is 0. The number of amides is 1. The molecule has 3 rings (SSSR count). The molecule has 3 aromatic carbocycles. The van der Waals surface area contributed by atoms with Crippen molar-refractivity contribution in [3.63, 3.8) is 0 Å². The molecule has 0 aliphatic rings. The largest absolute Gasteiger partial charge is 0.505 e. The second kappa shape index (κ2) is 9.78. The van der Waals surface area contributed by atoms with E-state index in [-0.39, 0.29) is 41.6 Å². The predicted molar refractivity (Wildman–Crippen MR) is 120 cm³/mol. The van der Waals surface area contributed by atoms with Gasteiger partial charge in [-0.25, -0.2) is 0 Å². The fourth-order valence-electron chi connectivity index (χ4n) is 3.27. The molecule has 0 aromatic heterocycles. The Hall–Kier alpha value is -4.14. The molecule has 3 aromatic rings. The van der Waals surface area contributed by atoms with Crippen molar-refractivity contribution in [2.75, 3.05) is 17.2 Å². The molecule has 9 nitrogen and oxygen atoms in total. The number of carboxylic acid groups (broad SMARTS) is 1. The lowest BCUT2D eigenvalue weighted by Crippen LogP contribution is -2.37. The Balaban J connectivity index is 1.81. The number of hydrogen-bond donors (Lipinski definition) is 5. The van der Waals surface area contributed by atoms with Crippen LogP contribution in [0.1, 0.15) is 41.7 Å². The van der Waals surface area contributed by atoms with Crippen molar-refractivity contribution in [2.45, 2.75) is 25.8 Å². The highest BCUT2D eigenvalue weighted by atomic mass is 16.4. The molecule has 0 aliphatic carbocycles. The van der Waals surface area contributed by atoms with Crippen LogP contribution in [0.4, 0.5) is 17.1 Å². The van der Waals surface area contributed by atoms with E-state index < -0.39 is 28.5 Å². The summed E-state index contributed by atoms with van der Waals surface area (Å²) in [5.74, 6) is -2.15. The number of hydrogen-bond acceptors (Lipinski definition) is 7. The summed E-state index contributed by atoms with van der Waals surface area (Å²) < 4.78 is 0. The van der Waals surface area contributed by atoms with Crippen molar-refractivity contribution < 1.29 is 19.8 Å². The van der Waals surface area contributed by atoms with Crippen LogP contribution in [-0.4, -0.2) is 28.6 Å². The Morgan fingerprint density at radius 2 is 1.66 bits per heavy atom. The summed E-state index contributed by atoms with van der Waals surface area (Å²) in [6.45, 7) is 1.84. The van der Waals surface area contributed by atoms with Gasteiger partial charge in [-0.3, -0.25) is 19.2 Å². The molecule has 0 aliphatic heterocycles. The van der Waals surface area contributed by atoms with Gasteiger partial charge in [0.1, 0.15) is 11.4 Å². The first-order chi connectivity index (χ1) is 15.3. The number of carbonyl (C=O) groups is 2. The minimum absolute atomic E-state index is 0.00289. The minimum atomic E-state index is -1.06. The molecule has 0 unspecified atom stereocenters. The molecule has 166 valence electrons. The van der Waals surface area contributed by atoms with Crippen molar-refractivity contribution >= 4 is 28.9 Å². The van der Waals surface area contributed by atoms with Gasteiger partial charge in [0, 0.05) is 6.54 Å². The summed E-state index contributed by atoms with van der Waals surface area (Å²) in [4.78, 5) is 47.2. The van der Waals surface area contributed by atoms with E-state index in [9.17, 15) is 24.3 Å². The van der Waals surface area contributed by atoms with Gasteiger partial charge in [0.05, 0.1) is 23.7 Å². The van der Waals surface area contributed by atoms with E-state index in [2.05, 4.69) is 16.0 Å². The maximum absolute atomic E-state index is 12.3. The molecule has 1 atom stereocenters. The molecule has 32 heavy (non-hydrogen) atoms. The van der Waals surface area contributed by atoms with Gasteiger partial charge in [-0.05, 0) is 24.1 Å². The fraction of sp³-hybridized carbons (Fsp3) is 0.217. The first-order valence-corrected chi connectivity index (χ1v) is 10.1. The van der Waals surface area contributed by atoms with Gasteiger partial charge >= 0.3 is 5.97 Å². The number of anilines is 3. The molecule has 0 spiro atoms. The van der Waals surface area contributed by atoms with Crippen LogP contribution in [0.3, 0.4) is 0 Å². The summed E-state index contributed by atoms with van der Waals surface area (Å²) in [6.07, 6.45) is 0.405. The van der Waals surface area contributed by atoms with Gasteiger partial charge in [-0.1, -0.05) is 43.3 Å². The Labute approximate surface area is 183 Å². The van der Waals surface area contributed by atoms with E-state index in [0.717, 1.165) is 5.56 Å². The molecule has 0 fully saturated rings. The average Bonchev–Trinajstić information content (AvgIpc) is 2.79. The number of aliphatic carboxylic acids is 1. The number of phenols is 1. The number of nitrogens with one attached hydrogen (secondary N) is 3. The Kier molecular flexibility index (Phi) is 6.89. The summed E-state index contributed by atoms with van der Waals surface area (Å²) in [5, 5.41) is 27.4. The highest BCUT2D eigenvalue weighted by Crippen LogP contribution is 2.32. The summed E-state index contributed by atoms with van der Waals surface area (Å²) in [5.41, 5.74) is -0.348. The van der Waals surface area contributed by atoms with Crippen LogP contribution in [0, 0.1) is 0 Å². The number of carboxylic acids is 1. The van der Waals surface area contributed by atoms with Crippen LogP contribution in [0.2, 0.25) is 0 Å². The average molecular weight is 437 g/mol. The number of rotatable bonds is 10. The second-order valence-electron chi connectivity index (χ2n) is 7.15. The molecule has 5 N–H and O–H groups in total. The van der Waals surface area contributed by atoms with E-state index in [1.54, 1.807) is 0 Å². The van der Waals surface area contributed by atoms with Gasteiger partial charge < -0.3 is 26.2 Å². The smallest absolute Gasteiger partial charge is 0.305 e. The van der Waals surface area contributed by atoms with Gasteiger partial charge in [-0.15, -0.1) is 0 Å². The highest BCUT2D eigenvalue weighted by molar-refractivity contribution is 5.99. The zero-order valence-electron chi connectivity index (χ0n) is 17.3. The Morgan fingerprint density at radius 3 is 2.31 bits per heavy atom. The van der Waals surface area contributed by atoms with Gasteiger partial charge in [-0.2, -0.15) is 0 Å². The second-order valence-corrected chi connectivity index (χ2v) is 7.15. The van der Waals surface area contributed by atoms with E-state index in [4.69, 9.17) is 5.11 Å². The topological polar surface area (TPSA) is 145 Å². The third-order valence-corrected chi connectivity index (χ3v) is 5.00. The van der Waals surface area contributed by atoms with Crippen molar-refractivity contribution in [1.29, 1.82) is 0 Å². The van der Waals surface area contributed by atoms with Gasteiger partial charge in [0.15, 0.2) is 5.75 Å². The fourth-order valence-corrected chi connectivity index (χ4v) is 3.27. The predicted octanol–water partition coefficient (Wildman–Crippen LogP) is 2.50. The van der Waals surface area contributed by atoms with Crippen molar-refractivity contribution in [3.8, 4) is 5.75 Å². The van der Waals surface area contributed by atoms with E-state index in [1.165, 1.54) is 18.2 Å². The third-order valence-electron chi connectivity index (χ3n) is 5.00. The summed E-state index contributed by atoms with van der Waals surface area (Å²) >= 11 is 0. The maximum Gasteiger partial charge on any atom is 0.305 e. The Bertz CT molecular complexity index is 1200. The number of phenolic OH excluding ortho intramolecular Hbond substituents is 1. The monoisotopic (exact) mass is 437 g/mol. The summed E-state index contributed by atoms with van der Waals surface area (Å²) in [6, 6.07) is 13.6. The van der Waals surface area contributed by atoms with Gasteiger partial charge in [0.2, 0.25) is 0 Å². The normalized spacial score (nSPS) is 11.7. The standard InChI is InChI=1S/C23H23N3O6/c1-2-15(13-7-4-3-5-8-13)25-18-19(22(31)21(18)30)26-16-10-6-9-14(20(16)29)23(32)24-12-11-17(27)28/h3-10,15,25-26,29H,2,11-12H2,1H3,(H,24,32)(H,27,28)/t15-/m1/s1. The zero-order chi connectivity index (χ0) is 23.3. The SMILES string of the molecule is CC[C@@H](Nc1c(Nc2cccc(C(=O)NCCC(=O)O)c2O)c(=O)c1=O)c1ccccc1. The lowest BCUT2D eigenvalue weighted by molar-refractivity contribution is -0.136. The highest BCUT2D eigenvalue weighted by Gasteiger charge is 2.25. The lowest BCUT2D eigenvalue weighted by atomic mass is 10.0. The molecule has 1 amide bonds. The molecule has 0 saturated heterocycles.